The Hall–Kier alpha value is -3.29. The minimum absolute atomic E-state index is 0.0646. The maximum absolute atomic E-state index is 13.4. The minimum Gasteiger partial charge on any atom is -0.486 e. The molecule has 1 aliphatic rings. The topological polar surface area (TPSA) is 83.1 Å². The van der Waals surface area contributed by atoms with Crippen LogP contribution in [-0.4, -0.2) is 38.3 Å². The third-order valence-electron chi connectivity index (χ3n) is 3.37. The molecular weight excluding hydrogens is 345 g/mol. The Morgan fingerprint density at radius 3 is 2.62 bits per heavy atom. The molecule has 0 saturated carbocycles. The van der Waals surface area contributed by atoms with Crippen LogP contribution in [0.25, 0.3) is 0 Å². The van der Waals surface area contributed by atoms with E-state index in [0.29, 0.717) is 30.4 Å². The second-order valence-corrected chi connectivity index (χ2v) is 5.29. The molecule has 0 spiro atoms. The molecule has 0 bridgehead atoms. The summed E-state index contributed by atoms with van der Waals surface area (Å²) < 4.78 is 34.0. The van der Waals surface area contributed by atoms with Crippen LogP contribution in [0.1, 0.15) is 0 Å². The van der Waals surface area contributed by atoms with Crippen molar-refractivity contribution in [3.63, 3.8) is 0 Å². The van der Waals surface area contributed by atoms with Crippen molar-refractivity contribution in [3.8, 4) is 17.2 Å². The van der Waals surface area contributed by atoms with E-state index in [2.05, 4.69) is 5.32 Å². The normalized spacial score (nSPS) is 12.2. The SMILES string of the molecule is O=C(COC(=O)COc1ccccc1F)Nc1ccc2c(c1)OCCO2. The zero-order valence-corrected chi connectivity index (χ0v) is 13.7. The Morgan fingerprint density at radius 2 is 1.81 bits per heavy atom. The number of benzene rings is 2. The number of carbonyl (C=O) groups is 2. The highest BCUT2D eigenvalue weighted by atomic mass is 19.1. The molecule has 0 aromatic heterocycles. The van der Waals surface area contributed by atoms with E-state index in [0.717, 1.165) is 0 Å². The van der Waals surface area contributed by atoms with Crippen molar-refractivity contribution in [1.29, 1.82) is 0 Å². The number of amides is 1. The summed E-state index contributed by atoms with van der Waals surface area (Å²) in [6.45, 7) is -0.0836. The lowest BCUT2D eigenvalue weighted by molar-refractivity contribution is -0.149. The average Bonchev–Trinajstić information content (AvgIpc) is 2.65. The van der Waals surface area contributed by atoms with Crippen LogP contribution in [0.3, 0.4) is 0 Å². The highest BCUT2D eigenvalue weighted by Gasteiger charge is 2.14. The number of hydrogen-bond acceptors (Lipinski definition) is 6. The molecule has 0 aliphatic carbocycles. The maximum atomic E-state index is 13.4. The van der Waals surface area contributed by atoms with Crippen LogP contribution in [0.4, 0.5) is 10.1 Å². The fourth-order valence-electron chi connectivity index (χ4n) is 2.20. The predicted molar refractivity (Wildman–Crippen MR) is 88.9 cm³/mol. The molecule has 1 aliphatic heterocycles. The van der Waals surface area contributed by atoms with Crippen molar-refractivity contribution in [3.05, 3.63) is 48.3 Å². The number of esters is 1. The van der Waals surface area contributed by atoms with Crippen molar-refractivity contribution in [1.82, 2.24) is 0 Å². The summed E-state index contributed by atoms with van der Waals surface area (Å²) >= 11 is 0. The van der Waals surface area contributed by atoms with Crippen molar-refractivity contribution in [2.45, 2.75) is 0 Å². The average molecular weight is 361 g/mol. The van der Waals surface area contributed by atoms with Gasteiger partial charge in [-0.25, -0.2) is 9.18 Å². The number of hydrogen-bond donors (Lipinski definition) is 1. The minimum atomic E-state index is -0.787. The van der Waals surface area contributed by atoms with E-state index in [1.807, 2.05) is 0 Å². The fraction of sp³-hybridized carbons (Fsp3) is 0.222. The van der Waals surface area contributed by atoms with Gasteiger partial charge in [-0.15, -0.1) is 0 Å². The lowest BCUT2D eigenvalue weighted by Gasteiger charge is -2.19. The Labute approximate surface area is 148 Å². The van der Waals surface area contributed by atoms with E-state index in [1.54, 1.807) is 24.3 Å². The summed E-state index contributed by atoms with van der Waals surface area (Å²) in [6, 6.07) is 10.6. The van der Waals surface area contributed by atoms with Crippen LogP contribution < -0.4 is 19.5 Å². The van der Waals surface area contributed by atoms with E-state index in [9.17, 15) is 14.0 Å². The van der Waals surface area contributed by atoms with Crippen LogP contribution in [0.2, 0.25) is 0 Å². The molecule has 2 aromatic carbocycles. The Balaban J connectivity index is 1.43. The molecule has 1 heterocycles. The summed E-state index contributed by atoms with van der Waals surface area (Å²) in [5, 5.41) is 2.58. The lowest BCUT2D eigenvalue weighted by atomic mass is 10.2. The third kappa shape index (κ3) is 4.62. The van der Waals surface area contributed by atoms with Crippen molar-refractivity contribution in [2.24, 2.45) is 0 Å². The summed E-state index contributed by atoms with van der Waals surface area (Å²) in [5.74, 6) is -0.830. The maximum Gasteiger partial charge on any atom is 0.344 e. The van der Waals surface area contributed by atoms with Gasteiger partial charge in [-0.1, -0.05) is 12.1 Å². The molecule has 0 unspecified atom stereocenters. The Morgan fingerprint density at radius 1 is 1.04 bits per heavy atom. The molecule has 1 N–H and O–H groups in total. The smallest absolute Gasteiger partial charge is 0.344 e. The summed E-state index contributed by atoms with van der Waals surface area (Å²) in [7, 11) is 0. The Kier molecular flexibility index (Phi) is 5.52. The first-order valence-electron chi connectivity index (χ1n) is 7.84. The molecule has 0 atom stereocenters. The zero-order chi connectivity index (χ0) is 18.4. The number of anilines is 1. The van der Waals surface area contributed by atoms with Gasteiger partial charge in [0.15, 0.2) is 36.3 Å². The van der Waals surface area contributed by atoms with Crippen molar-refractivity contribution < 1.29 is 32.9 Å². The number of ether oxygens (including phenoxy) is 4. The molecule has 26 heavy (non-hydrogen) atoms. The van der Waals surface area contributed by atoms with Gasteiger partial charge in [0.2, 0.25) is 0 Å². The molecule has 7 nitrogen and oxygen atoms in total. The van der Waals surface area contributed by atoms with Crippen molar-refractivity contribution >= 4 is 17.6 Å². The first-order valence-corrected chi connectivity index (χ1v) is 7.84. The van der Waals surface area contributed by atoms with E-state index in [-0.39, 0.29) is 5.75 Å². The number of rotatable bonds is 6. The predicted octanol–water partition coefficient (Wildman–Crippen LogP) is 2.16. The quantitative estimate of drug-likeness (QED) is 0.794. The second kappa shape index (κ2) is 8.19. The number of carbonyl (C=O) groups excluding carboxylic acids is 2. The largest absolute Gasteiger partial charge is 0.486 e. The molecule has 8 heteroatoms. The number of para-hydroxylation sites is 1. The summed E-state index contributed by atoms with van der Waals surface area (Å²) in [6.07, 6.45) is 0. The van der Waals surface area contributed by atoms with Gasteiger partial charge in [-0.3, -0.25) is 4.79 Å². The molecule has 2 aromatic rings. The molecule has 0 saturated heterocycles. The molecule has 0 fully saturated rings. The van der Waals surface area contributed by atoms with Gasteiger partial charge in [0, 0.05) is 11.8 Å². The highest BCUT2D eigenvalue weighted by Crippen LogP contribution is 2.32. The van der Waals surface area contributed by atoms with Crippen LogP contribution in [0.5, 0.6) is 17.2 Å². The van der Waals surface area contributed by atoms with E-state index < -0.39 is 30.9 Å². The van der Waals surface area contributed by atoms with E-state index in [4.69, 9.17) is 18.9 Å². The second-order valence-electron chi connectivity index (χ2n) is 5.29. The van der Waals surface area contributed by atoms with Gasteiger partial charge >= 0.3 is 5.97 Å². The van der Waals surface area contributed by atoms with Crippen molar-refractivity contribution in [2.75, 3.05) is 31.7 Å². The number of nitrogens with one attached hydrogen (secondary N) is 1. The fourth-order valence-corrected chi connectivity index (χ4v) is 2.20. The van der Waals surface area contributed by atoms with Gasteiger partial charge in [-0.2, -0.15) is 0 Å². The summed E-state index contributed by atoms with van der Waals surface area (Å²) in [4.78, 5) is 23.4. The third-order valence-corrected chi connectivity index (χ3v) is 3.37. The molecule has 1 amide bonds. The van der Waals surface area contributed by atoms with Crippen LogP contribution in [0.15, 0.2) is 42.5 Å². The highest BCUT2D eigenvalue weighted by molar-refractivity contribution is 5.93. The summed E-state index contributed by atoms with van der Waals surface area (Å²) in [5.41, 5.74) is 0.484. The monoisotopic (exact) mass is 361 g/mol. The van der Waals surface area contributed by atoms with Gasteiger partial charge < -0.3 is 24.3 Å². The molecule has 136 valence electrons. The number of halogens is 1. The van der Waals surface area contributed by atoms with Crippen LogP contribution in [-0.2, 0) is 14.3 Å². The van der Waals surface area contributed by atoms with Gasteiger partial charge in [0.25, 0.3) is 5.91 Å². The first-order chi connectivity index (χ1) is 12.6. The van der Waals surface area contributed by atoms with Gasteiger partial charge in [0.1, 0.15) is 13.2 Å². The lowest BCUT2D eigenvalue weighted by Crippen LogP contribution is -2.24. The zero-order valence-electron chi connectivity index (χ0n) is 13.7. The molecule has 0 radical (unpaired) electrons. The Bertz CT molecular complexity index is 810. The van der Waals surface area contributed by atoms with Crippen LogP contribution >= 0.6 is 0 Å². The van der Waals surface area contributed by atoms with Gasteiger partial charge in [0.05, 0.1) is 0 Å². The standard InChI is InChI=1S/C18H16FNO6/c19-13-3-1-2-4-14(13)25-11-18(22)26-10-17(21)20-12-5-6-15-16(9-12)24-8-7-23-15/h1-6,9H,7-8,10-11H2,(H,20,21). The van der Waals surface area contributed by atoms with Crippen LogP contribution in [0, 0.1) is 5.82 Å². The molecular formula is C18H16FNO6. The van der Waals surface area contributed by atoms with E-state index in [1.165, 1.54) is 18.2 Å². The van der Waals surface area contributed by atoms with E-state index >= 15 is 0 Å². The van der Waals surface area contributed by atoms with Gasteiger partial charge in [-0.05, 0) is 24.3 Å². The molecule has 3 rings (SSSR count). The first kappa shape index (κ1) is 17.5. The number of fused-ring (bicyclic) bond motifs is 1.